The van der Waals surface area contributed by atoms with Crippen molar-refractivity contribution >= 4 is 10.0 Å². The lowest BCUT2D eigenvalue weighted by Crippen LogP contribution is -2.53. The standard InChI is InChI=1S/C17H28N2O2S/c1-3-4-5-6-7-16-14-18-12-13-19(16)22(20,21)17-10-8-15(2)9-11-17/h8-11,16,18H,3-7,12-14H2,1-2H3. The maximum atomic E-state index is 12.9. The van der Waals surface area contributed by atoms with E-state index in [0.29, 0.717) is 11.4 Å². The summed E-state index contributed by atoms with van der Waals surface area (Å²) in [5, 5.41) is 3.33. The zero-order valence-corrected chi connectivity index (χ0v) is 14.5. The molecule has 1 aromatic rings. The van der Waals surface area contributed by atoms with Gasteiger partial charge in [-0.25, -0.2) is 8.42 Å². The molecule has 5 heteroatoms. The van der Waals surface area contributed by atoms with E-state index in [1.54, 1.807) is 16.4 Å². The number of benzene rings is 1. The van der Waals surface area contributed by atoms with Gasteiger partial charge < -0.3 is 5.32 Å². The first-order valence-corrected chi connectivity index (χ1v) is 9.79. The number of nitrogens with one attached hydrogen (secondary N) is 1. The molecule has 1 fully saturated rings. The highest BCUT2D eigenvalue weighted by Gasteiger charge is 2.32. The predicted molar refractivity (Wildman–Crippen MR) is 90.5 cm³/mol. The molecule has 1 atom stereocenters. The summed E-state index contributed by atoms with van der Waals surface area (Å²) in [6, 6.07) is 7.26. The molecule has 1 aliphatic rings. The summed E-state index contributed by atoms with van der Waals surface area (Å²) in [6.07, 6.45) is 5.66. The van der Waals surface area contributed by atoms with Gasteiger partial charge in [-0.3, -0.25) is 0 Å². The molecule has 4 nitrogen and oxygen atoms in total. The number of rotatable bonds is 7. The van der Waals surface area contributed by atoms with Crippen LogP contribution in [0.2, 0.25) is 0 Å². The Morgan fingerprint density at radius 1 is 1.18 bits per heavy atom. The third kappa shape index (κ3) is 4.31. The second kappa shape index (κ2) is 8.09. The highest BCUT2D eigenvalue weighted by molar-refractivity contribution is 7.89. The summed E-state index contributed by atoms with van der Waals surface area (Å²) in [5.41, 5.74) is 1.08. The molecule has 0 aliphatic carbocycles. The molecule has 0 saturated carbocycles. The average Bonchev–Trinajstić information content (AvgIpc) is 2.52. The highest BCUT2D eigenvalue weighted by Crippen LogP contribution is 2.22. The molecule has 22 heavy (non-hydrogen) atoms. The van der Waals surface area contributed by atoms with Gasteiger partial charge in [0.05, 0.1) is 4.90 Å². The van der Waals surface area contributed by atoms with Crippen LogP contribution in [0, 0.1) is 6.92 Å². The Morgan fingerprint density at radius 3 is 2.59 bits per heavy atom. The normalized spacial score (nSPS) is 20.2. The molecule has 0 amide bonds. The van der Waals surface area contributed by atoms with E-state index in [4.69, 9.17) is 0 Å². The number of hydrogen-bond donors (Lipinski definition) is 1. The fourth-order valence-corrected chi connectivity index (χ4v) is 4.61. The third-order valence-electron chi connectivity index (χ3n) is 4.31. The minimum absolute atomic E-state index is 0.0805. The van der Waals surface area contributed by atoms with E-state index in [0.717, 1.165) is 31.5 Å². The molecule has 0 radical (unpaired) electrons. The molecular weight excluding hydrogens is 296 g/mol. The Labute approximate surface area is 135 Å². The van der Waals surface area contributed by atoms with Crippen LogP contribution in [0.3, 0.4) is 0 Å². The third-order valence-corrected chi connectivity index (χ3v) is 6.28. The lowest BCUT2D eigenvalue weighted by Gasteiger charge is -2.35. The topological polar surface area (TPSA) is 49.4 Å². The fraction of sp³-hybridized carbons (Fsp3) is 0.647. The van der Waals surface area contributed by atoms with Crippen molar-refractivity contribution in [3.05, 3.63) is 29.8 Å². The first-order valence-electron chi connectivity index (χ1n) is 8.35. The number of sulfonamides is 1. The number of nitrogens with zero attached hydrogens (tertiary/aromatic N) is 1. The average molecular weight is 324 g/mol. The fourth-order valence-electron chi connectivity index (χ4n) is 2.96. The number of piperazine rings is 1. The Kier molecular flexibility index (Phi) is 6.41. The van der Waals surface area contributed by atoms with Gasteiger partial charge in [0, 0.05) is 25.7 Å². The van der Waals surface area contributed by atoms with Gasteiger partial charge in [0.25, 0.3) is 0 Å². The van der Waals surface area contributed by atoms with Crippen LogP contribution in [-0.2, 0) is 10.0 Å². The Balaban J connectivity index is 2.10. The molecule has 124 valence electrons. The van der Waals surface area contributed by atoms with Crippen LogP contribution in [0.1, 0.15) is 44.6 Å². The van der Waals surface area contributed by atoms with E-state index in [2.05, 4.69) is 12.2 Å². The molecule has 0 aromatic heterocycles. The number of unbranched alkanes of at least 4 members (excludes halogenated alkanes) is 3. The van der Waals surface area contributed by atoms with Crippen molar-refractivity contribution in [2.45, 2.75) is 56.9 Å². The van der Waals surface area contributed by atoms with Crippen LogP contribution in [0.5, 0.6) is 0 Å². The lowest BCUT2D eigenvalue weighted by atomic mass is 10.1. The molecular formula is C17H28N2O2S. The minimum atomic E-state index is -3.38. The van der Waals surface area contributed by atoms with E-state index in [9.17, 15) is 8.42 Å². The van der Waals surface area contributed by atoms with Crippen molar-refractivity contribution in [3.8, 4) is 0 Å². The molecule has 1 saturated heterocycles. The highest BCUT2D eigenvalue weighted by atomic mass is 32.2. The number of hydrogen-bond acceptors (Lipinski definition) is 3. The van der Waals surface area contributed by atoms with Crippen molar-refractivity contribution in [3.63, 3.8) is 0 Å². The summed E-state index contributed by atoms with van der Waals surface area (Å²) in [4.78, 5) is 0.415. The monoisotopic (exact) mass is 324 g/mol. The zero-order chi connectivity index (χ0) is 16.0. The van der Waals surface area contributed by atoms with Gasteiger partial charge in [-0.15, -0.1) is 0 Å². The molecule has 0 bridgehead atoms. The van der Waals surface area contributed by atoms with Crippen molar-refractivity contribution in [1.29, 1.82) is 0 Å². The van der Waals surface area contributed by atoms with Gasteiger partial charge in [0.15, 0.2) is 0 Å². The van der Waals surface area contributed by atoms with Gasteiger partial charge >= 0.3 is 0 Å². The smallest absolute Gasteiger partial charge is 0.243 e. The van der Waals surface area contributed by atoms with Crippen LogP contribution in [0.15, 0.2) is 29.2 Å². The summed E-state index contributed by atoms with van der Waals surface area (Å²) in [6.45, 7) is 6.22. The van der Waals surface area contributed by atoms with Gasteiger partial charge in [-0.2, -0.15) is 4.31 Å². The van der Waals surface area contributed by atoms with E-state index in [1.165, 1.54) is 19.3 Å². The van der Waals surface area contributed by atoms with E-state index >= 15 is 0 Å². The van der Waals surface area contributed by atoms with E-state index in [-0.39, 0.29) is 6.04 Å². The van der Waals surface area contributed by atoms with Gasteiger partial charge in [0.1, 0.15) is 0 Å². The first-order chi connectivity index (χ1) is 10.6. The molecule has 0 spiro atoms. The first kappa shape index (κ1) is 17.4. The molecule has 1 unspecified atom stereocenters. The maximum Gasteiger partial charge on any atom is 0.243 e. The van der Waals surface area contributed by atoms with E-state index < -0.39 is 10.0 Å². The maximum absolute atomic E-state index is 12.9. The quantitative estimate of drug-likeness (QED) is 0.785. The Morgan fingerprint density at radius 2 is 1.91 bits per heavy atom. The summed E-state index contributed by atoms with van der Waals surface area (Å²) in [5.74, 6) is 0. The summed E-state index contributed by atoms with van der Waals surface area (Å²) < 4.78 is 27.5. The van der Waals surface area contributed by atoms with E-state index in [1.807, 2.05) is 19.1 Å². The molecule has 1 N–H and O–H groups in total. The summed E-state index contributed by atoms with van der Waals surface area (Å²) >= 11 is 0. The van der Waals surface area contributed by atoms with Crippen LogP contribution in [0.25, 0.3) is 0 Å². The molecule has 1 heterocycles. The zero-order valence-electron chi connectivity index (χ0n) is 13.7. The van der Waals surface area contributed by atoms with Crippen molar-refractivity contribution in [1.82, 2.24) is 9.62 Å². The van der Waals surface area contributed by atoms with Crippen molar-refractivity contribution in [2.24, 2.45) is 0 Å². The largest absolute Gasteiger partial charge is 0.314 e. The molecule has 1 aromatic carbocycles. The van der Waals surface area contributed by atoms with Crippen molar-refractivity contribution in [2.75, 3.05) is 19.6 Å². The Hall–Kier alpha value is -0.910. The minimum Gasteiger partial charge on any atom is -0.314 e. The van der Waals surface area contributed by atoms with Gasteiger partial charge in [0.2, 0.25) is 10.0 Å². The molecule has 1 aliphatic heterocycles. The second-order valence-electron chi connectivity index (χ2n) is 6.14. The van der Waals surface area contributed by atoms with Gasteiger partial charge in [-0.05, 0) is 25.5 Å². The van der Waals surface area contributed by atoms with Crippen LogP contribution in [0.4, 0.5) is 0 Å². The van der Waals surface area contributed by atoms with Crippen LogP contribution >= 0.6 is 0 Å². The summed E-state index contributed by atoms with van der Waals surface area (Å²) in [7, 11) is -3.38. The SMILES string of the molecule is CCCCCCC1CNCCN1S(=O)(=O)c1ccc(C)cc1. The number of aryl methyl sites for hydroxylation is 1. The van der Waals surface area contributed by atoms with Crippen molar-refractivity contribution < 1.29 is 8.42 Å². The Bertz CT molecular complexity index is 555. The van der Waals surface area contributed by atoms with Crippen LogP contribution < -0.4 is 5.32 Å². The van der Waals surface area contributed by atoms with Crippen LogP contribution in [-0.4, -0.2) is 38.4 Å². The second-order valence-corrected chi connectivity index (χ2v) is 8.03. The van der Waals surface area contributed by atoms with Gasteiger partial charge in [-0.1, -0.05) is 50.3 Å². The molecule has 2 rings (SSSR count). The lowest BCUT2D eigenvalue weighted by molar-refractivity contribution is 0.250. The predicted octanol–water partition coefficient (Wildman–Crippen LogP) is 2.93.